The molecule has 0 aliphatic rings. The number of rotatable bonds is 3. The first kappa shape index (κ1) is 14.5. The molecule has 2 aromatic carbocycles. The third-order valence-corrected chi connectivity index (χ3v) is 3.65. The monoisotopic (exact) mass is 356 g/mol. The molecule has 4 nitrogen and oxygen atoms in total. The van der Waals surface area contributed by atoms with Gasteiger partial charge in [-0.1, -0.05) is 46.3 Å². The van der Waals surface area contributed by atoms with Gasteiger partial charge in [-0.15, -0.1) is 0 Å². The average Bonchev–Trinajstić information content (AvgIpc) is 2.54. The Balaban J connectivity index is 1.71. The molecule has 0 spiro atoms. The van der Waals surface area contributed by atoms with Crippen LogP contribution in [-0.4, -0.2) is 11.1 Å². The molecule has 0 fully saturated rings. The normalized spacial score (nSPS) is 10.4. The van der Waals surface area contributed by atoms with Gasteiger partial charge in [0.1, 0.15) is 12.4 Å². The summed E-state index contributed by atoms with van der Waals surface area (Å²) in [6.45, 7) is 0.225. The third-order valence-electron chi connectivity index (χ3n) is 3.16. The number of carbonyl (C=O) groups is 1. The summed E-state index contributed by atoms with van der Waals surface area (Å²) in [6.07, 6.45) is 1.13. The Hall–Kier alpha value is -2.40. The molecule has 0 radical (unpaired) electrons. The van der Waals surface area contributed by atoms with Crippen molar-refractivity contribution in [2.24, 2.45) is 0 Å². The molecule has 1 heterocycles. The molecular formula is C17H13BrN2O2. The number of fused-ring (bicyclic) bond motifs is 1. The Morgan fingerprint density at radius 3 is 2.77 bits per heavy atom. The van der Waals surface area contributed by atoms with Crippen LogP contribution in [0.5, 0.6) is 0 Å². The van der Waals surface area contributed by atoms with Crippen LogP contribution in [0.3, 0.4) is 0 Å². The molecule has 0 aliphatic heterocycles. The van der Waals surface area contributed by atoms with Crippen LogP contribution in [0.4, 0.5) is 10.6 Å². The van der Waals surface area contributed by atoms with Gasteiger partial charge in [-0.25, -0.2) is 9.78 Å². The van der Waals surface area contributed by atoms with E-state index < -0.39 is 6.09 Å². The van der Waals surface area contributed by atoms with Crippen LogP contribution in [-0.2, 0) is 11.3 Å². The van der Waals surface area contributed by atoms with Crippen LogP contribution >= 0.6 is 15.9 Å². The molecule has 3 aromatic rings. The fourth-order valence-corrected chi connectivity index (χ4v) is 2.48. The minimum Gasteiger partial charge on any atom is -0.444 e. The number of nitrogens with one attached hydrogen (secondary N) is 1. The topological polar surface area (TPSA) is 51.2 Å². The zero-order valence-electron chi connectivity index (χ0n) is 11.6. The van der Waals surface area contributed by atoms with E-state index in [1.54, 1.807) is 6.20 Å². The maximum atomic E-state index is 11.9. The van der Waals surface area contributed by atoms with Crippen LogP contribution in [0, 0.1) is 0 Å². The quantitative estimate of drug-likeness (QED) is 0.736. The van der Waals surface area contributed by atoms with Crippen molar-refractivity contribution in [1.82, 2.24) is 4.98 Å². The molecule has 1 aromatic heterocycles. The van der Waals surface area contributed by atoms with E-state index >= 15 is 0 Å². The fraction of sp³-hybridized carbons (Fsp3) is 0.0588. The van der Waals surface area contributed by atoms with Crippen molar-refractivity contribution in [3.05, 3.63) is 70.8 Å². The van der Waals surface area contributed by atoms with Crippen molar-refractivity contribution in [1.29, 1.82) is 0 Å². The molecule has 0 unspecified atom stereocenters. The highest BCUT2D eigenvalue weighted by Gasteiger charge is 2.08. The molecule has 0 aliphatic carbocycles. The van der Waals surface area contributed by atoms with Crippen LogP contribution in [0.2, 0.25) is 0 Å². The Kier molecular flexibility index (Phi) is 4.34. The van der Waals surface area contributed by atoms with E-state index in [1.807, 2.05) is 54.6 Å². The summed E-state index contributed by atoms with van der Waals surface area (Å²) in [4.78, 5) is 16.1. The van der Waals surface area contributed by atoms with Crippen molar-refractivity contribution < 1.29 is 9.53 Å². The van der Waals surface area contributed by atoms with E-state index in [0.29, 0.717) is 5.82 Å². The molecule has 5 heteroatoms. The number of ether oxygens (including phenoxy) is 1. The van der Waals surface area contributed by atoms with Crippen molar-refractivity contribution in [2.45, 2.75) is 6.61 Å². The molecule has 1 N–H and O–H groups in total. The second-order valence-electron chi connectivity index (χ2n) is 4.71. The van der Waals surface area contributed by atoms with Gasteiger partial charge in [-0.2, -0.15) is 0 Å². The number of pyridine rings is 1. The first-order valence-electron chi connectivity index (χ1n) is 6.74. The van der Waals surface area contributed by atoms with Crippen molar-refractivity contribution in [3.8, 4) is 0 Å². The molecule has 0 saturated heterocycles. The Morgan fingerprint density at radius 2 is 1.95 bits per heavy atom. The van der Waals surface area contributed by atoms with Crippen LogP contribution in [0.1, 0.15) is 5.56 Å². The summed E-state index contributed by atoms with van der Waals surface area (Å²) in [5.74, 6) is 0.489. The minimum absolute atomic E-state index is 0.225. The second kappa shape index (κ2) is 6.58. The molecule has 0 atom stereocenters. The molecule has 22 heavy (non-hydrogen) atoms. The smallest absolute Gasteiger partial charge is 0.413 e. The van der Waals surface area contributed by atoms with Gasteiger partial charge in [0, 0.05) is 16.1 Å². The van der Waals surface area contributed by atoms with Crippen LogP contribution < -0.4 is 5.32 Å². The van der Waals surface area contributed by atoms with Gasteiger partial charge in [-0.05, 0) is 35.2 Å². The number of hydrogen-bond donors (Lipinski definition) is 1. The van der Waals surface area contributed by atoms with Gasteiger partial charge in [0.15, 0.2) is 0 Å². The lowest BCUT2D eigenvalue weighted by molar-refractivity contribution is 0.155. The Bertz CT molecular complexity index is 806. The molecule has 0 bridgehead atoms. The summed E-state index contributed by atoms with van der Waals surface area (Å²) in [7, 11) is 0. The molecule has 0 saturated carbocycles. The Labute approximate surface area is 136 Å². The van der Waals surface area contributed by atoms with Gasteiger partial charge in [-0.3, -0.25) is 5.32 Å². The van der Waals surface area contributed by atoms with E-state index in [9.17, 15) is 4.79 Å². The Morgan fingerprint density at radius 1 is 1.14 bits per heavy atom. The molecular weight excluding hydrogens is 344 g/mol. The highest BCUT2D eigenvalue weighted by molar-refractivity contribution is 9.10. The zero-order valence-corrected chi connectivity index (χ0v) is 13.2. The van der Waals surface area contributed by atoms with Gasteiger partial charge in [0.05, 0.1) is 0 Å². The van der Waals surface area contributed by atoms with E-state index in [-0.39, 0.29) is 6.61 Å². The summed E-state index contributed by atoms with van der Waals surface area (Å²) < 4.78 is 6.18. The maximum absolute atomic E-state index is 11.9. The van der Waals surface area contributed by atoms with Crippen molar-refractivity contribution in [3.63, 3.8) is 0 Å². The first-order valence-corrected chi connectivity index (χ1v) is 7.53. The van der Waals surface area contributed by atoms with E-state index in [2.05, 4.69) is 26.2 Å². The second-order valence-corrected chi connectivity index (χ2v) is 5.63. The average molecular weight is 357 g/mol. The summed E-state index contributed by atoms with van der Waals surface area (Å²) in [5.41, 5.74) is 0.937. The van der Waals surface area contributed by atoms with Crippen molar-refractivity contribution >= 4 is 38.6 Å². The largest absolute Gasteiger partial charge is 0.444 e. The number of hydrogen-bond acceptors (Lipinski definition) is 3. The minimum atomic E-state index is -0.522. The molecule has 1 amide bonds. The zero-order chi connectivity index (χ0) is 15.4. The SMILES string of the molecule is O=C(Nc1nccc2cc(Br)ccc12)OCc1ccccc1. The third kappa shape index (κ3) is 3.43. The van der Waals surface area contributed by atoms with Crippen LogP contribution in [0.25, 0.3) is 10.8 Å². The maximum Gasteiger partial charge on any atom is 0.413 e. The van der Waals surface area contributed by atoms with Gasteiger partial charge in [0.25, 0.3) is 0 Å². The standard InChI is InChI=1S/C17H13BrN2O2/c18-14-6-7-15-13(10-14)8-9-19-16(15)20-17(21)22-11-12-4-2-1-3-5-12/h1-10H,11H2,(H,19,20,21). The first-order chi connectivity index (χ1) is 10.7. The summed E-state index contributed by atoms with van der Waals surface area (Å²) >= 11 is 3.43. The summed E-state index contributed by atoms with van der Waals surface area (Å²) in [6, 6.07) is 17.2. The fourth-order valence-electron chi connectivity index (χ4n) is 2.10. The van der Waals surface area contributed by atoms with E-state index in [0.717, 1.165) is 20.8 Å². The van der Waals surface area contributed by atoms with E-state index in [4.69, 9.17) is 4.74 Å². The number of aromatic nitrogens is 1. The number of halogens is 1. The number of anilines is 1. The lowest BCUT2D eigenvalue weighted by atomic mass is 10.1. The number of benzene rings is 2. The van der Waals surface area contributed by atoms with Crippen LogP contribution in [0.15, 0.2) is 65.3 Å². The predicted octanol–water partition coefficient (Wildman–Crippen LogP) is 4.75. The van der Waals surface area contributed by atoms with Crippen molar-refractivity contribution in [2.75, 3.05) is 5.32 Å². The van der Waals surface area contributed by atoms with Gasteiger partial charge in [0.2, 0.25) is 0 Å². The lowest BCUT2D eigenvalue weighted by Gasteiger charge is -2.09. The summed E-state index contributed by atoms with van der Waals surface area (Å²) in [5, 5.41) is 4.54. The number of nitrogens with zero attached hydrogens (tertiary/aromatic N) is 1. The highest BCUT2D eigenvalue weighted by Crippen LogP contribution is 2.24. The highest BCUT2D eigenvalue weighted by atomic mass is 79.9. The number of amides is 1. The molecule has 3 rings (SSSR count). The van der Waals surface area contributed by atoms with E-state index in [1.165, 1.54) is 0 Å². The molecule has 110 valence electrons. The number of carbonyl (C=O) groups excluding carboxylic acids is 1. The predicted molar refractivity (Wildman–Crippen MR) is 89.7 cm³/mol. The van der Waals surface area contributed by atoms with Gasteiger partial charge >= 0.3 is 6.09 Å². The lowest BCUT2D eigenvalue weighted by Crippen LogP contribution is -2.14. The van der Waals surface area contributed by atoms with Gasteiger partial charge < -0.3 is 4.74 Å².